The van der Waals surface area contributed by atoms with Crippen LogP contribution in [0.3, 0.4) is 0 Å². The van der Waals surface area contributed by atoms with Crippen LogP contribution in [0.5, 0.6) is 0 Å². The van der Waals surface area contributed by atoms with Gasteiger partial charge in [0.25, 0.3) is 0 Å². The van der Waals surface area contributed by atoms with Crippen molar-refractivity contribution in [1.82, 2.24) is 0 Å². The van der Waals surface area contributed by atoms with Gasteiger partial charge in [-0.25, -0.2) is 0 Å². The lowest BCUT2D eigenvalue weighted by Crippen LogP contribution is -2.44. The third-order valence-electron chi connectivity index (χ3n) is 3.59. The molecule has 1 aliphatic rings. The second kappa shape index (κ2) is 8.08. The minimum absolute atomic E-state index is 0.276. The van der Waals surface area contributed by atoms with Crippen LogP contribution >= 0.6 is 0 Å². The Labute approximate surface area is 101 Å². The minimum Gasteiger partial charge on any atom is -0.361 e. The number of ether oxygens (including phenoxy) is 1. The van der Waals surface area contributed by atoms with Gasteiger partial charge >= 0.3 is 0 Å². The molecule has 0 spiro atoms. The molecule has 0 radical (unpaired) electrons. The SMILES string of the molecule is CCCCCCCCOC1(N)CCCCC1. The molecule has 0 unspecified atom stereocenters. The zero-order valence-corrected chi connectivity index (χ0v) is 11.0. The highest BCUT2D eigenvalue weighted by molar-refractivity contribution is 4.77. The zero-order valence-electron chi connectivity index (χ0n) is 11.0. The van der Waals surface area contributed by atoms with E-state index in [0.717, 1.165) is 19.4 Å². The summed E-state index contributed by atoms with van der Waals surface area (Å²) in [5.41, 5.74) is 5.92. The molecule has 1 fully saturated rings. The Morgan fingerprint density at radius 3 is 2.25 bits per heavy atom. The Kier molecular flexibility index (Phi) is 7.06. The number of rotatable bonds is 8. The molecule has 1 saturated carbocycles. The second-order valence-electron chi connectivity index (χ2n) is 5.24. The lowest BCUT2D eigenvalue weighted by Gasteiger charge is -2.33. The van der Waals surface area contributed by atoms with E-state index >= 15 is 0 Å². The van der Waals surface area contributed by atoms with Crippen molar-refractivity contribution in [1.29, 1.82) is 0 Å². The summed E-state index contributed by atoms with van der Waals surface area (Å²) in [4.78, 5) is 0. The highest BCUT2D eigenvalue weighted by Crippen LogP contribution is 2.27. The molecule has 96 valence electrons. The topological polar surface area (TPSA) is 35.2 Å². The zero-order chi connectivity index (χ0) is 11.7. The first kappa shape index (κ1) is 14.0. The van der Waals surface area contributed by atoms with Crippen LogP contribution in [0, 0.1) is 0 Å². The van der Waals surface area contributed by atoms with Crippen molar-refractivity contribution in [2.45, 2.75) is 83.3 Å². The Morgan fingerprint density at radius 2 is 1.56 bits per heavy atom. The van der Waals surface area contributed by atoms with E-state index < -0.39 is 0 Å². The molecule has 0 aromatic rings. The molecule has 0 saturated heterocycles. The van der Waals surface area contributed by atoms with Crippen LogP contribution in [0.15, 0.2) is 0 Å². The maximum Gasteiger partial charge on any atom is 0.116 e. The Balaban J connectivity index is 1.93. The van der Waals surface area contributed by atoms with Gasteiger partial charge in [-0.1, -0.05) is 45.4 Å². The summed E-state index contributed by atoms with van der Waals surface area (Å²) in [6.45, 7) is 3.12. The first-order valence-electron chi connectivity index (χ1n) is 7.20. The third kappa shape index (κ3) is 5.86. The lowest BCUT2D eigenvalue weighted by atomic mass is 9.92. The van der Waals surface area contributed by atoms with Crippen molar-refractivity contribution < 1.29 is 4.74 Å². The van der Waals surface area contributed by atoms with Crippen molar-refractivity contribution in [3.05, 3.63) is 0 Å². The van der Waals surface area contributed by atoms with Crippen LogP contribution in [0.25, 0.3) is 0 Å². The van der Waals surface area contributed by atoms with E-state index in [1.807, 2.05) is 0 Å². The van der Waals surface area contributed by atoms with E-state index in [-0.39, 0.29) is 5.72 Å². The van der Waals surface area contributed by atoms with E-state index in [2.05, 4.69) is 6.92 Å². The number of nitrogens with two attached hydrogens (primary N) is 1. The van der Waals surface area contributed by atoms with Crippen molar-refractivity contribution in [3.63, 3.8) is 0 Å². The molecular weight excluding hydrogens is 198 g/mol. The van der Waals surface area contributed by atoms with E-state index in [1.54, 1.807) is 0 Å². The second-order valence-corrected chi connectivity index (χ2v) is 5.24. The Hall–Kier alpha value is -0.0800. The van der Waals surface area contributed by atoms with Gasteiger partial charge in [-0.05, 0) is 32.1 Å². The molecule has 0 aromatic heterocycles. The van der Waals surface area contributed by atoms with Gasteiger partial charge in [-0.3, -0.25) is 0 Å². The van der Waals surface area contributed by atoms with E-state index in [9.17, 15) is 0 Å². The molecule has 2 nitrogen and oxygen atoms in total. The quantitative estimate of drug-likeness (QED) is 0.503. The van der Waals surface area contributed by atoms with Crippen LogP contribution in [-0.4, -0.2) is 12.3 Å². The van der Waals surface area contributed by atoms with Gasteiger partial charge < -0.3 is 10.5 Å². The molecule has 1 aliphatic carbocycles. The molecule has 0 amide bonds. The van der Waals surface area contributed by atoms with Crippen molar-refractivity contribution in [2.24, 2.45) is 5.73 Å². The fourth-order valence-corrected chi connectivity index (χ4v) is 2.45. The van der Waals surface area contributed by atoms with Gasteiger partial charge in [0.15, 0.2) is 0 Å². The monoisotopic (exact) mass is 227 g/mol. The summed E-state index contributed by atoms with van der Waals surface area (Å²) in [5, 5.41) is 0. The lowest BCUT2D eigenvalue weighted by molar-refractivity contribution is -0.0669. The summed E-state index contributed by atoms with van der Waals surface area (Å²) in [6, 6.07) is 0. The number of hydrogen-bond donors (Lipinski definition) is 1. The van der Waals surface area contributed by atoms with Gasteiger partial charge in [0.1, 0.15) is 5.72 Å². The maximum absolute atomic E-state index is 6.20. The van der Waals surface area contributed by atoms with E-state index in [0.29, 0.717) is 0 Å². The molecule has 1 rings (SSSR count). The van der Waals surface area contributed by atoms with Crippen LogP contribution in [0.2, 0.25) is 0 Å². The molecular formula is C14H29NO. The number of unbranched alkanes of at least 4 members (excludes halogenated alkanes) is 5. The summed E-state index contributed by atoms with van der Waals surface area (Å²) >= 11 is 0. The first-order valence-corrected chi connectivity index (χ1v) is 7.20. The molecule has 0 aliphatic heterocycles. The summed E-state index contributed by atoms with van der Waals surface area (Å²) in [5.74, 6) is 0. The molecule has 2 heteroatoms. The van der Waals surface area contributed by atoms with Gasteiger partial charge in [0.2, 0.25) is 0 Å². The minimum atomic E-state index is -0.276. The molecule has 0 atom stereocenters. The fraction of sp³-hybridized carbons (Fsp3) is 1.00. The average molecular weight is 227 g/mol. The summed E-state index contributed by atoms with van der Waals surface area (Å²) in [7, 11) is 0. The highest BCUT2D eigenvalue weighted by atomic mass is 16.5. The number of hydrogen-bond acceptors (Lipinski definition) is 2. The average Bonchev–Trinajstić information content (AvgIpc) is 2.29. The van der Waals surface area contributed by atoms with Crippen molar-refractivity contribution in [3.8, 4) is 0 Å². The fourth-order valence-electron chi connectivity index (χ4n) is 2.45. The van der Waals surface area contributed by atoms with Gasteiger partial charge in [-0.15, -0.1) is 0 Å². The van der Waals surface area contributed by atoms with Crippen molar-refractivity contribution in [2.75, 3.05) is 6.61 Å². The van der Waals surface area contributed by atoms with Crippen LogP contribution in [-0.2, 0) is 4.74 Å². The summed E-state index contributed by atoms with van der Waals surface area (Å²) < 4.78 is 5.85. The van der Waals surface area contributed by atoms with E-state index in [4.69, 9.17) is 10.5 Å². The third-order valence-corrected chi connectivity index (χ3v) is 3.59. The van der Waals surface area contributed by atoms with E-state index in [1.165, 1.54) is 57.8 Å². The normalized spacial score (nSPS) is 19.9. The van der Waals surface area contributed by atoms with Gasteiger partial charge in [-0.2, -0.15) is 0 Å². The van der Waals surface area contributed by atoms with Gasteiger partial charge in [0, 0.05) is 6.61 Å². The Bertz CT molecular complexity index is 164. The molecule has 0 bridgehead atoms. The van der Waals surface area contributed by atoms with Crippen LogP contribution in [0.4, 0.5) is 0 Å². The molecule has 16 heavy (non-hydrogen) atoms. The standard InChI is InChI=1S/C14H29NO/c1-2-3-4-5-6-10-13-16-14(15)11-8-7-9-12-14/h2-13,15H2,1H3. The van der Waals surface area contributed by atoms with Crippen LogP contribution in [0.1, 0.15) is 77.6 Å². The largest absolute Gasteiger partial charge is 0.361 e. The molecule has 0 aromatic carbocycles. The van der Waals surface area contributed by atoms with Crippen LogP contribution < -0.4 is 5.73 Å². The van der Waals surface area contributed by atoms with Gasteiger partial charge in [0.05, 0.1) is 0 Å². The van der Waals surface area contributed by atoms with Crippen molar-refractivity contribution >= 4 is 0 Å². The highest BCUT2D eigenvalue weighted by Gasteiger charge is 2.27. The maximum atomic E-state index is 6.20. The predicted molar refractivity (Wildman–Crippen MR) is 69.3 cm³/mol. The molecule has 2 N–H and O–H groups in total. The molecule has 0 heterocycles. The summed E-state index contributed by atoms with van der Waals surface area (Å²) in [6.07, 6.45) is 13.9. The Morgan fingerprint density at radius 1 is 0.938 bits per heavy atom. The first-order chi connectivity index (χ1) is 7.77. The predicted octanol–water partition coefficient (Wildman–Crippen LogP) is 3.98. The smallest absolute Gasteiger partial charge is 0.116 e.